The van der Waals surface area contributed by atoms with Gasteiger partial charge in [-0.1, -0.05) is 29.8 Å². The number of ketones is 1. The van der Waals surface area contributed by atoms with Gasteiger partial charge in [-0.25, -0.2) is 0 Å². The van der Waals surface area contributed by atoms with Crippen LogP contribution in [0.1, 0.15) is 15.9 Å². The molecule has 0 spiro atoms. The molecule has 2 aromatic rings. The second-order valence-electron chi connectivity index (χ2n) is 4.30. The molecule has 0 saturated heterocycles. The molecule has 0 aliphatic rings. The van der Waals surface area contributed by atoms with Crippen molar-refractivity contribution < 1.29 is 14.6 Å². The van der Waals surface area contributed by atoms with Gasteiger partial charge < -0.3 is 9.84 Å². The number of carbonyl (C=O) groups is 1. The van der Waals surface area contributed by atoms with Crippen molar-refractivity contribution in [2.75, 3.05) is 13.2 Å². The lowest BCUT2D eigenvalue weighted by Crippen LogP contribution is -2.12. The molecular formula is C16H15ClO3. The van der Waals surface area contributed by atoms with E-state index in [9.17, 15) is 4.79 Å². The van der Waals surface area contributed by atoms with Crippen LogP contribution in [0.15, 0.2) is 48.5 Å². The average Bonchev–Trinajstić information content (AvgIpc) is 2.47. The van der Waals surface area contributed by atoms with Crippen LogP contribution in [-0.4, -0.2) is 24.1 Å². The van der Waals surface area contributed by atoms with Crippen molar-refractivity contribution in [1.29, 1.82) is 0 Å². The Balaban J connectivity index is 2.01. The lowest BCUT2D eigenvalue weighted by atomic mass is 10.1. The van der Waals surface area contributed by atoms with E-state index in [-0.39, 0.29) is 19.0 Å². The molecule has 0 amide bonds. The predicted octanol–water partition coefficient (Wildman–Crippen LogP) is 3.14. The minimum absolute atomic E-state index is 0.0376. The summed E-state index contributed by atoms with van der Waals surface area (Å²) in [6.45, 7) is 0.00950. The molecule has 20 heavy (non-hydrogen) atoms. The molecular weight excluding hydrogens is 276 g/mol. The van der Waals surface area contributed by atoms with Crippen molar-refractivity contribution in [2.24, 2.45) is 0 Å². The van der Waals surface area contributed by atoms with E-state index in [4.69, 9.17) is 21.4 Å². The number of ether oxygens (including phenoxy) is 1. The van der Waals surface area contributed by atoms with Crippen molar-refractivity contribution >= 4 is 17.4 Å². The Bertz CT molecular complexity index is 579. The number of hydrogen-bond acceptors (Lipinski definition) is 3. The summed E-state index contributed by atoms with van der Waals surface area (Å²) in [7, 11) is 0. The van der Waals surface area contributed by atoms with E-state index < -0.39 is 0 Å². The monoisotopic (exact) mass is 290 g/mol. The van der Waals surface area contributed by atoms with Crippen molar-refractivity contribution in [3.8, 4) is 5.75 Å². The van der Waals surface area contributed by atoms with E-state index in [1.165, 1.54) is 0 Å². The predicted molar refractivity (Wildman–Crippen MR) is 78.5 cm³/mol. The molecule has 2 aromatic carbocycles. The lowest BCUT2D eigenvalue weighted by molar-refractivity contribution is 0.0921. The summed E-state index contributed by atoms with van der Waals surface area (Å²) in [6, 6.07) is 14.1. The van der Waals surface area contributed by atoms with Gasteiger partial charge in [0.2, 0.25) is 0 Å². The molecule has 0 saturated carbocycles. The Morgan fingerprint density at radius 1 is 1.10 bits per heavy atom. The normalized spacial score (nSPS) is 10.3. The van der Waals surface area contributed by atoms with Gasteiger partial charge in [-0.15, -0.1) is 0 Å². The van der Waals surface area contributed by atoms with Crippen LogP contribution in [0.5, 0.6) is 5.75 Å². The number of para-hydroxylation sites is 1. The van der Waals surface area contributed by atoms with Crippen molar-refractivity contribution in [2.45, 2.75) is 6.42 Å². The molecule has 0 fully saturated rings. The molecule has 0 aliphatic heterocycles. The molecule has 0 aliphatic carbocycles. The Morgan fingerprint density at radius 2 is 1.80 bits per heavy atom. The fraction of sp³-hybridized carbons (Fsp3) is 0.188. The van der Waals surface area contributed by atoms with Crippen LogP contribution in [-0.2, 0) is 6.42 Å². The van der Waals surface area contributed by atoms with Crippen LogP contribution >= 0.6 is 11.6 Å². The third kappa shape index (κ3) is 3.83. The maximum absolute atomic E-state index is 12.0. The van der Waals surface area contributed by atoms with Crippen LogP contribution in [0.2, 0.25) is 5.02 Å². The first kappa shape index (κ1) is 14.6. The van der Waals surface area contributed by atoms with Gasteiger partial charge in [-0.3, -0.25) is 4.79 Å². The molecule has 0 aromatic heterocycles. The van der Waals surface area contributed by atoms with E-state index in [0.29, 0.717) is 22.8 Å². The summed E-state index contributed by atoms with van der Waals surface area (Å²) < 4.78 is 5.54. The summed E-state index contributed by atoms with van der Waals surface area (Å²) in [6.07, 6.45) is 0.505. The number of Topliss-reactive ketones (excluding diaryl/α,β-unsaturated/α-hetero) is 1. The number of hydrogen-bond donors (Lipinski definition) is 1. The number of aliphatic hydroxyl groups is 1. The summed E-state index contributed by atoms with van der Waals surface area (Å²) >= 11 is 5.78. The molecule has 104 valence electrons. The smallest absolute Gasteiger partial charge is 0.200 e. The zero-order valence-corrected chi connectivity index (χ0v) is 11.6. The summed E-state index contributed by atoms with van der Waals surface area (Å²) in [5.74, 6) is 0.518. The molecule has 0 atom stereocenters. The molecule has 3 nitrogen and oxygen atoms in total. The fourth-order valence-corrected chi connectivity index (χ4v) is 1.96. The van der Waals surface area contributed by atoms with Gasteiger partial charge in [-0.05, 0) is 42.3 Å². The first-order valence-corrected chi connectivity index (χ1v) is 6.69. The number of aliphatic hydroxyl groups excluding tert-OH is 1. The fourth-order valence-electron chi connectivity index (χ4n) is 1.83. The molecule has 0 unspecified atom stereocenters. The quantitative estimate of drug-likeness (QED) is 0.832. The van der Waals surface area contributed by atoms with Gasteiger partial charge in [0.25, 0.3) is 0 Å². The summed E-state index contributed by atoms with van der Waals surface area (Å²) in [5.41, 5.74) is 1.45. The number of halogens is 1. The van der Waals surface area contributed by atoms with Crippen LogP contribution in [0.4, 0.5) is 0 Å². The number of rotatable bonds is 6. The highest BCUT2D eigenvalue weighted by atomic mass is 35.5. The van der Waals surface area contributed by atoms with Crippen LogP contribution in [0.25, 0.3) is 0 Å². The topological polar surface area (TPSA) is 46.5 Å². The van der Waals surface area contributed by atoms with Crippen molar-refractivity contribution in [3.05, 3.63) is 64.7 Å². The average molecular weight is 291 g/mol. The van der Waals surface area contributed by atoms with Crippen LogP contribution < -0.4 is 4.74 Å². The van der Waals surface area contributed by atoms with Gasteiger partial charge in [-0.2, -0.15) is 0 Å². The molecule has 4 heteroatoms. The standard InChI is InChI=1S/C16H15ClO3/c17-14-7-5-12(6-8-14)15(19)11-20-16-4-2-1-3-13(16)9-10-18/h1-8,18H,9-11H2. The number of benzene rings is 2. The Kier molecular flexibility index (Phi) is 5.16. The maximum atomic E-state index is 12.0. The highest BCUT2D eigenvalue weighted by Crippen LogP contribution is 2.19. The Hall–Kier alpha value is -1.84. The van der Waals surface area contributed by atoms with Gasteiger partial charge in [0.1, 0.15) is 5.75 Å². The third-order valence-electron chi connectivity index (χ3n) is 2.88. The van der Waals surface area contributed by atoms with Gasteiger partial charge in [0.15, 0.2) is 12.4 Å². The number of carbonyl (C=O) groups excluding carboxylic acids is 1. The zero-order valence-electron chi connectivity index (χ0n) is 10.9. The van der Waals surface area contributed by atoms with E-state index in [2.05, 4.69) is 0 Å². The minimum Gasteiger partial charge on any atom is -0.485 e. The Morgan fingerprint density at radius 3 is 2.50 bits per heavy atom. The van der Waals surface area contributed by atoms with Crippen LogP contribution in [0, 0.1) is 0 Å². The van der Waals surface area contributed by atoms with Crippen LogP contribution in [0.3, 0.4) is 0 Å². The molecule has 2 rings (SSSR count). The summed E-state index contributed by atoms with van der Waals surface area (Å²) in [5, 5.41) is 9.58. The van der Waals surface area contributed by atoms with E-state index in [0.717, 1.165) is 5.56 Å². The molecule has 0 heterocycles. The molecule has 0 radical (unpaired) electrons. The molecule has 1 N–H and O–H groups in total. The largest absolute Gasteiger partial charge is 0.485 e. The van der Waals surface area contributed by atoms with Crippen molar-refractivity contribution in [1.82, 2.24) is 0 Å². The van der Waals surface area contributed by atoms with E-state index >= 15 is 0 Å². The first-order valence-electron chi connectivity index (χ1n) is 6.31. The maximum Gasteiger partial charge on any atom is 0.200 e. The minimum atomic E-state index is -0.111. The summed E-state index contributed by atoms with van der Waals surface area (Å²) in [4.78, 5) is 12.0. The zero-order chi connectivity index (χ0) is 14.4. The van der Waals surface area contributed by atoms with Crippen molar-refractivity contribution in [3.63, 3.8) is 0 Å². The molecule has 0 bridgehead atoms. The second-order valence-corrected chi connectivity index (χ2v) is 4.74. The van der Waals surface area contributed by atoms with E-state index in [1.54, 1.807) is 30.3 Å². The lowest BCUT2D eigenvalue weighted by Gasteiger charge is -2.10. The first-order chi connectivity index (χ1) is 9.70. The van der Waals surface area contributed by atoms with Gasteiger partial charge >= 0.3 is 0 Å². The third-order valence-corrected chi connectivity index (χ3v) is 3.13. The van der Waals surface area contributed by atoms with E-state index in [1.807, 2.05) is 18.2 Å². The van der Waals surface area contributed by atoms with Gasteiger partial charge in [0.05, 0.1) is 0 Å². The highest BCUT2D eigenvalue weighted by Gasteiger charge is 2.08. The second kappa shape index (κ2) is 7.08. The SMILES string of the molecule is O=C(COc1ccccc1CCO)c1ccc(Cl)cc1. The Labute approximate surface area is 122 Å². The van der Waals surface area contributed by atoms with Gasteiger partial charge in [0, 0.05) is 17.2 Å². The highest BCUT2D eigenvalue weighted by molar-refractivity contribution is 6.30.